The molecule has 0 aliphatic carbocycles. The van der Waals surface area contributed by atoms with E-state index in [9.17, 15) is 13.6 Å². The second kappa shape index (κ2) is 7.03. The van der Waals surface area contributed by atoms with E-state index < -0.39 is 18.9 Å². The summed E-state index contributed by atoms with van der Waals surface area (Å²) in [5, 5.41) is 6.32. The van der Waals surface area contributed by atoms with Crippen molar-refractivity contribution in [2.24, 2.45) is 0 Å². The van der Waals surface area contributed by atoms with Crippen molar-refractivity contribution in [1.82, 2.24) is 20.0 Å². The number of alkyl halides is 2. The lowest BCUT2D eigenvalue weighted by atomic mass is 10.3. The monoisotopic (exact) mass is 275 g/mol. The van der Waals surface area contributed by atoms with Crippen LogP contribution >= 0.6 is 0 Å². The van der Waals surface area contributed by atoms with Crippen molar-refractivity contribution in [3.8, 4) is 0 Å². The van der Waals surface area contributed by atoms with E-state index in [-0.39, 0.29) is 11.4 Å². The number of halogens is 2. The fourth-order valence-electron chi connectivity index (χ4n) is 1.60. The van der Waals surface area contributed by atoms with Gasteiger partial charge < -0.3 is 16.0 Å². The molecule has 0 unspecified atom stereocenters. The predicted octanol–water partition coefficient (Wildman–Crippen LogP) is 0.412. The number of carbonyl (C=O) groups is 1. The highest BCUT2D eigenvalue weighted by Crippen LogP contribution is 2.12. The molecule has 0 atom stereocenters. The summed E-state index contributed by atoms with van der Waals surface area (Å²) < 4.78 is 25.6. The maximum Gasteiger partial charge on any atom is 0.271 e. The number of anilines is 1. The Kier molecular flexibility index (Phi) is 5.68. The normalized spacial score (nSPS) is 11.3. The molecule has 0 aliphatic rings. The van der Waals surface area contributed by atoms with Crippen LogP contribution in [0.3, 0.4) is 0 Å². The van der Waals surface area contributed by atoms with E-state index in [4.69, 9.17) is 5.73 Å². The van der Waals surface area contributed by atoms with Gasteiger partial charge in [0, 0.05) is 6.54 Å². The van der Waals surface area contributed by atoms with Crippen LogP contribution < -0.4 is 11.1 Å². The van der Waals surface area contributed by atoms with Crippen molar-refractivity contribution >= 4 is 11.6 Å². The van der Waals surface area contributed by atoms with Crippen LogP contribution in [0.15, 0.2) is 6.20 Å². The highest BCUT2D eigenvalue weighted by molar-refractivity contribution is 5.97. The van der Waals surface area contributed by atoms with Crippen molar-refractivity contribution < 1.29 is 13.6 Å². The molecule has 0 spiro atoms. The molecule has 1 rings (SSSR count). The number of aromatic nitrogens is 2. The quantitative estimate of drug-likeness (QED) is 0.707. The Hall–Kier alpha value is -1.70. The average Bonchev–Trinajstić information content (AvgIpc) is 2.64. The molecule has 1 aromatic heterocycles. The second-order valence-electron chi connectivity index (χ2n) is 4.43. The molecular weight excluding hydrogens is 256 g/mol. The lowest BCUT2D eigenvalue weighted by Gasteiger charge is -2.11. The molecule has 0 aliphatic heterocycles. The summed E-state index contributed by atoms with van der Waals surface area (Å²) in [6.45, 7) is 0.639. The molecule has 8 heteroatoms. The Morgan fingerprint density at radius 2 is 2.26 bits per heavy atom. The summed E-state index contributed by atoms with van der Waals surface area (Å²) in [4.78, 5) is 13.9. The molecule has 0 aromatic carbocycles. The number of hydrogen-bond acceptors (Lipinski definition) is 4. The third kappa shape index (κ3) is 4.82. The van der Waals surface area contributed by atoms with E-state index in [2.05, 4.69) is 10.4 Å². The minimum Gasteiger partial charge on any atom is -0.396 e. The van der Waals surface area contributed by atoms with Crippen molar-refractivity contribution in [3.63, 3.8) is 0 Å². The third-order valence-corrected chi connectivity index (χ3v) is 2.46. The van der Waals surface area contributed by atoms with Gasteiger partial charge in [0.1, 0.15) is 12.2 Å². The molecule has 0 bridgehead atoms. The van der Waals surface area contributed by atoms with Crippen LogP contribution in [0.4, 0.5) is 14.5 Å². The Bertz CT molecular complexity index is 419. The largest absolute Gasteiger partial charge is 0.396 e. The first-order chi connectivity index (χ1) is 8.91. The van der Waals surface area contributed by atoms with E-state index in [1.54, 1.807) is 0 Å². The van der Waals surface area contributed by atoms with Gasteiger partial charge in [-0.25, -0.2) is 8.78 Å². The Morgan fingerprint density at radius 1 is 1.58 bits per heavy atom. The number of nitrogens with one attached hydrogen (secondary N) is 1. The molecule has 0 saturated carbocycles. The van der Waals surface area contributed by atoms with Crippen molar-refractivity contribution in [2.75, 3.05) is 32.9 Å². The predicted molar refractivity (Wildman–Crippen MR) is 68.1 cm³/mol. The molecule has 0 saturated heterocycles. The van der Waals surface area contributed by atoms with Gasteiger partial charge in [0.15, 0.2) is 0 Å². The Balaban J connectivity index is 2.58. The summed E-state index contributed by atoms with van der Waals surface area (Å²) in [7, 11) is 3.86. The van der Waals surface area contributed by atoms with Gasteiger partial charge in [-0.05, 0) is 27.1 Å². The zero-order chi connectivity index (χ0) is 14.4. The first kappa shape index (κ1) is 15.4. The number of rotatable bonds is 7. The average molecular weight is 275 g/mol. The van der Waals surface area contributed by atoms with Gasteiger partial charge in [0.05, 0.1) is 11.9 Å². The van der Waals surface area contributed by atoms with Crippen LogP contribution in [0.5, 0.6) is 0 Å². The second-order valence-corrected chi connectivity index (χ2v) is 4.43. The Labute approximate surface area is 110 Å². The van der Waals surface area contributed by atoms with Gasteiger partial charge in [0.2, 0.25) is 0 Å². The number of hydrogen-bond donors (Lipinski definition) is 2. The van der Waals surface area contributed by atoms with E-state index in [1.165, 1.54) is 6.20 Å². The number of carbonyl (C=O) groups excluding carboxylic acids is 1. The van der Waals surface area contributed by atoms with Crippen molar-refractivity contribution in [1.29, 1.82) is 0 Å². The topological polar surface area (TPSA) is 76.2 Å². The van der Waals surface area contributed by atoms with E-state index >= 15 is 0 Å². The zero-order valence-corrected chi connectivity index (χ0v) is 11.1. The van der Waals surface area contributed by atoms with Crippen LogP contribution in [-0.4, -0.2) is 54.2 Å². The van der Waals surface area contributed by atoms with Crippen LogP contribution in [0, 0.1) is 0 Å². The molecule has 1 heterocycles. The molecule has 1 amide bonds. The summed E-state index contributed by atoms with van der Waals surface area (Å²) in [5.74, 6) is -0.477. The van der Waals surface area contributed by atoms with E-state index in [0.717, 1.165) is 17.6 Å². The van der Waals surface area contributed by atoms with Crippen LogP contribution in [0.1, 0.15) is 16.9 Å². The number of nitrogen functional groups attached to an aromatic ring is 1. The molecule has 3 N–H and O–H groups in total. The van der Waals surface area contributed by atoms with Crippen molar-refractivity contribution in [2.45, 2.75) is 19.4 Å². The maximum atomic E-state index is 12.3. The minimum atomic E-state index is -2.58. The first-order valence-corrected chi connectivity index (χ1v) is 5.94. The van der Waals surface area contributed by atoms with Gasteiger partial charge in [-0.3, -0.25) is 9.48 Å². The van der Waals surface area contributed by atoms with Crippen LogP contribution in [-0.2, 0) is 6.54 Å². The summed E-state index contributed by atoms with van der Waals surface area (Å²) in [6.07, 6.45) is -0.613. The van der Waals surface area contributed by atoms with Crippen LogP contribution in [0.25, 0.3) is 0 Å². The highest BCUT2D eigenvalue weighted by atomic mass is 19.3. The summed E-state index contributed by atoms with van der Waals surface area (Å²) in [5.41, 5.74) is 5.67. The van der Waals surface area contributed by atoms with Gasteiger partial charge in [-0.15, -0.1) is 0 Å². The molecular formula is C11H19F2N5O. The lowest BCUT2D eigenvalue weighted by Crippen LogP contribution is -2.30. The van der Waals surface area contributed by atoms with Gasteiger partial charge in [-0.1, -0.05) is 0 Å². The minimum absolute atomic E-state index is 0.00912. The number of nitrogens with two attached hydrogens (primary N) is 1. The SMILES string of the molecule is CN(C)CCCNC(=O)c1c(N)cnn1CC(F)F. The number of amides is 1. The fourth-order valence-corrected chi connectivity index (χ4v) is 1.60. The molecule has 0 fully saturated rings. The Morgan fingerprint density at radius 3 is 2.84 bits per heavy atom. The van der Waals surface area contributed by atoms with E-state index in [1.807, 2.05) is 19.0 Å². The van der Waals surface area contributed by atoms with E-state index in [0.29, 0.717) is 6.54 Å². The standard InChI is InChI=1S/C11H19F2N5O/c1-17(2)5-3-4-15-11(19)10-8(14)6-16-18(10)7-9(12)13/h6,9H,3-5,7,14H2,1-2H3,(H,15,19). The highest BCUT2D eigenvalue weighted by Gasteiger charge is 2.18. The molecule has 1 aromatic rings. The fraction of sp³-hybridized carbons (Fsp3) is 0.636. The molecule has 108 valence electrons. The summed E-state index contributed by atoms with van der Waals surface area (Å²) >= 11 is 0. The lowest BCUT2D eigenvalue weighted by molar-refractivity contribution is 0.0923. The molecule has 0 radical (unpaired) electrons. The van der Waals surface area contributed by atoms with Gasteiger partial charge in [0.25, 0.3) is 12.3 Å². The molecule has 6 nitrogen and oxygen atoms in total. The first-order valence-electron chi connectivity index (χ1n) is 5.94. The zero-order valence-electron chi connectivity index (χ0n) is 11.1. The van der Waals surface area contributed by atoms with Gasteiger partial charge >= 0.3 is 0 Å². The maximum absolute atomic E-state index is 12.3. The molecule has 19 heavy (non-hydrogen) atoms. The number of nitrogens with zero attached hydrogens (tertiary/aromatic N) is 3. The van der Waals surface area contributed by atoms with Gasteiger partial charge in [-0.2, -0.15) is 5.10 Å². The smallest absolute Gasteiger partial charge is 0.271 e. The summed E-state index contributed by atoms with van der Waals surface area (Å²) in [6, 6.07) is 0. The van der Waals surface area contributed by atoms with Crippen LogP contribution in [0.2, 0.25) is 0 Å². The third-order valence-electron chi connectivity index (χ3n) is 2.46. The van der Waals surface area contributed by atoms with Crippen molar-refractivity contribution in [3.05, 3.63) is 11.9 Å².